The third-order valence-corrected chi connectivity index (χ3v) is 3.90. The van der Waals surface area contributed by atoms with E-state index in [2.05, 4.69) is 14.7 Å². The van der Waals surface area contributed by atoms with Crippen LogP contribution >= 0.6 is 22.9 Å². The van der Waals surface area contributed by atoms with Crippen molar-refractivity contribution in [1.29, 1.82) is 0 Å². The Morgan fingerprint density at radius 1 is 1.44 bits per heavy atom. The summed E-state index contributed by atoms with van der Waals surface area (Å²) in [7, 11) is 0. The quantitative estimate of drug-likeness (QED) is 0.919. The highest BCUT2D eigenvalue weighted by atomic mass is 32.1. The predicted octanol–water partition coefficient (Wildman–Crippen LogP) is 4.18. The maximum Gasteiger partial charge on any atom is 0.452 e. The van der Waals surface area contributed by atoms with Gasteiger partial charge in [0.2, 0.25) is 11.0 Å². The summed E-state index contributed by atoms with van der Waals surface area (Å²) >= 11 is 2.29. The zero-order chi connectivity index (χ0) is 13.2. The van der Waals surface area contributed by atoms with Gasteiger partial charge in [0.1, 0.15) is 0 Å². The van der Waals surface area contributed by atoms with E-state index in [4.69, 9.17) is 0 Å². The van der Waals surface area contributed by atoms with Crippen LogP contribution in [-0.4, -0.2) is 9.36 Å². The molecule has 0 aliphatic rings. The fraction of sp³-hybridized carbons (Fsp3) is 0.400. The summed E-state index contributed by atoms with van der Waals surface area (Å²) in [5, 5.41) is 5.11. The van der Waals surface area contributed by atoms with Crippen molar-refractivity contribution in [2.75, 3.05) is 5.32 Å². The largest absolute Gasteiger partial charge is 0.452 e. The molecule has 2 heterocycles. The zero-order valence-electron chi connectivity index (χ0n) is 9.36. The number of nitrogens with zero attached hydrogens (tertiary/aromatic N) is 2. The Balaban J connectivity index is 2.11. The van der Waals surface area contributed by atoms with Crippen LogP contribution in [0.4, 0.5) is 18.3 Å². The van der Waals surface area contributed by atoms with E-state index in [-0.39, 0.29) is 11.2 Å². The molecule has 0 aliphatic carbocycles. The summed E-state index contributed by atoms with van der Waals surface area (Å²) in [6, 6.07) is 3.82. The molecule has 0 bridgehead atoms. The van der Waals surface area contributed by atoms with Crippen LogP contribution in [0.15, 0.2) is 17.5 Å². The minimum atomic E-state index is -4.49. The monoisotopic (exact) mass is 293 g/mol. The van der Waals surface area contributed by atoms with E-state index >= 15 is 0 Å². The van der Waals surface area contributed by atoms with Crippen molar-refractivity contribution in [2.24, 2.45) is 0 Å². The van der Waals surface area contributed by atoms with Crippen LogP contribution in [0, 0.1) is 0 Å². The second-order valence-electron chi connectivity index (χ2n) is 3.54. The van der Waals surface area contributed by atoms with Crippen molar-refractivity contribution in [2.45, 2.75) is 25.6 Å². The number of rotatable bonds is 4. The second-order valence-corrected chi connectivity index (χ2v) is 5.27. The van der Waals surface area contributed by atoms with Crippen LogP contribution in [-0.2, 0) is 6.18 Å². The highest BCUT2D eigenvalue weighted by Gasteiger charge is 2.36. The fourth-order valence-electron chi connectivity index (χ4n) is 1.41. The van der Waals surface area contributed by atoms with Crippen molar-refractivity contribution in [3.8, 4) is 0 Å². The van der Waals surface area contributed by atoms with Gasteiger partial charge in [-0.05, 0) is 17.9 Å². The van der Waals surface area contributed by atoms with Gasteiger partial charge in [0, 0.05) is 16.4 Å². The van der Waals surface area contributed by atoms with Crippen molar-refractivity contribution in [3.63, 3.8) is 0 Å². The molecule has 2 rings (SSSR count). The molecule has 0 aromatic carbocycles. The molecule has 18 heavy (non-hydrogen) atoms. The molecular weight excluding hydrogens is 283 g/mol. The van der Waals surface area contributed by atoms with Gasteiger partial charge in [0.15, 0.2) is 0 Å². The van der Waals surface area contributed by atoms with Gasteiger partial charge in [-0.3, -0.25) is 0 Å². The van der Waals surface area contributed by atoms with Crippen LogP contribution in [0.3, 0.4) is 0 Å². The lowest BCUT2D eigenvalue weighted by atomic mass is 10.2. The van der Waals surface area contributed by atoms with Gasteiger partial charge in [-0.15, -0.1) is 11.3 Å². The molecule has 8 heteroatoms. The van der Waals surface area contributed by atoms with Crippen molar-refractivity contribution >= 4 is 28.0 Å². The summed E-state index contributed by atoms with van der Waals surface area (Å²) in [5.74, 6) is -1.09. The molecule has 0 aliphatic heterocycles. The SMILES string of the molecule is CCC(Nc1nc(C(F)(F)F)ns1)c1cccs1. The zero-order valence-corrected chi connectivity index (χ0v) is 11.0. The first-order valence-corrected chi connectivity index (χ1v) is 6.87. The standard InChI is InChI=1S/C10H10F3N3S2/c1-2-6(7-4-3-5-17-7)14-9-15-8(16-18-9)10(11,12)13/h3-6H,2H2,1H3,(H,14,15,16). The van der Waals surface area contributed by atoms with E-state index in [1.165, 1.54) is 0 Å². The van der Waals surface area contributed by atoms with Gasteiger partial charge in [0.25, 0.3) is 0 Å². The minimum Gasteiger partial charge on any atom is -0.353 e. The van der Waals surface area contributed by atoms with Gasteiger partial charge in [-0.2, -0.15) is 22.5 Å². The molecule has 2 aromatic rings. The number of anilines is 1. The third-order valence-electron chi connectivity index (χ3n) is 2.27. The molecule has 1 unspecified atom stereocenters. The number of nitrogens with one attached hydrogen (secondary N) is 1. The van der Waals surface area contributed by atoms with E-state index in [9.17, 15) is 13.2 Å². The average molecular weight is 293 g/mol. The normalized spacial score (nSPS) is 13.6. The number of alkyl halides is 3. The van der Waals surface area contributed by atoms with Crippen molar-refractivity contribution in [1.82, 2.24) is 9.36 Å². The highest BCUT2D eigenvalue weighted by molar-refractivity contribution is 7.10. The van der Waals surface area contributed by atoms with E-state index in [0.29, 0.717) is 0 Å². The molecule has 0 saturated carbocycles. The third kappa shape index (κ3) is 2.99. The number of halogens is 3. The van der Waals surface area contributed by atoms with E-state index in [1.807, 2.05) is 24.4 Å². The first-order chi connectivity index (χ1) is 8.50. The number of hydrogen-bond acceptors (Lipinski definition) is 5. The summed E-state index contributed by atoms with van der Waals surface area (Å²) < 4.78 is 40.4. The van der Waals surface area contributed by atoms with E-state index < -0.39 is 12.0 Å². The van der Waals surface area contributed by atoms with Crippen LogP contribution in [0.25, 0.3) is 0 Å². The number of aromatic nitrogens is 2. The first-order valence-electron chi connectivity index (χ1n) is 5.21. The molecule has 2 aromatic heterocycles. The van der Waals surface area contributed by atoms with Gasteiger partial charge >= 0.3 is 6.18 Å². The van der Waals surface area contributed by atoms with E-state index in [1.54, 1.807) is 11.3 Å². The Hall–Kier alpha value is -1.15. The Kier molecular flexibility index (Phi) is 3.86. The average Bonchev–Trinajstić information content (AvgIpc) is 2.95. The second kappa shape index (κ2) is 5.23. The molecule has 0 spiro atoms. The van der Waals surface area contributed by atoms with Crippen LogP contribution in [0.5, 0.6) is 0 Å². The lowest BCUT2D eigenvalue weighted by Crippen LogP contribution is -2.10. The van der Waals surface area contributed by atoms with Crippen LogP contribution < -0.4 is 5.32 Å². The molecule has 3 nitrogen and oxygen atoms in total. The Labute approximate surface area is 110 Å². The maximum absolute atomic E-state index is 12.3. The minimum absolute atomic E-state index is 0.0287. The molecule has 0 fully saturated rings. The summed E-state index contributed by atoms with van der Waals surface area (Å²) in [6.45, 7) is 1.96. The molecule has 1 atom stereocenters. The fourth-order valence-corrected chi connectivity index (χ4v) is 2.91. The van der Waals surface area contributed by atoms with Crippen LogP contribution in [0.1, 0.15) is 30.1 Å². The lowest BCUT2D eigenvalue weighted by Gasteiger charge is -2.13. The van der Waals surface area contributed by atoms with Gasteiger partial charge in [-0.1, -0.05) is 13.0 Å². The molecule has 0 saturated heterocycles. The molecule has 1 N–H and O–H groups in total. The Morgan fingerprint density at radius 2 is 2.22 bits per heavy atom. The van der Waals surface area contributed by atoms with Crippen LogP contribution in [0.2, 0.25) is 0 Å². The number of thiophene rings is 1. The number of hydrogen-bond donors (Lipinski definition) is 1. The predicted molar refractivity (Wildman–Crippen MR) is 65.9 cm³/mol. The maximum atomic E-state index is 12.3. The Bertz CT molecular complexity index is 493. The first kappa shape index (κ1) is 13.3. The van der Waals surface area contributed by atoms with Gasteiger partial charge < -0.3 is 5.32 Å². The molecule has 0 amide bonds. The topological polar surface area (TPSA) is 37.8 Å². The van der Waals surface area contributed by atoms with E-state index in [0.717, 1.165) is 22.8 Å². The van der Waals surface area contributed by atoms with Crippen molar-refractivity contribution < 1.29 is 13.2 Å². The molecular formula is C10H10F3N3S2. The lowest BCUT2D eigenvalue weighted by molar-refractivity contribution is -0.144. The highest BCUT2D eigenvalue weighted by Crippen LogP contribution is 2.31. The van der Waals surface area contributed by atoms with Gasteiger partial charge in [-0.25, -0.2) is 0 Å². The molecule has 98 valence electrons. The summed E-state index contributed by atoms with van der Waals surface area (Å²) in [5.41, 5.74) is 0. The van der Waals surface area contributed by atoms with Crippen molar-refractivity contribution in [3.05, 3.63) is 28.2 Å². The Morgan fingerprint density at radius 3 is 2.72 bits per heavy atom. The summed E-state index contributed by atoms with van der Waals surface area (Å²) in [6.07, 6.45) is -3.72. The molecule has 0 radical (unpaired) electrons. The smallest absolute Gasteiger partial charge is 0.353 e. The van der Waals surface area contributed by atoms with Gasteiger partial charge in [0.05, 0.1) is 6.04 Å². The summed E-state index contributed by atoms with van der Waals surface area (Å²) in [4.78, 5) is 4.53.